The summed E-state index contributed by atoms with van der Waals surface area (Å²) in [5, 5.41) is 0. The number of amides is 1. The Morgan fingerprint density at radius 3 is 2.13 bits per heavy atom. The number of Topliss-reactive ketones (excluding diaryl/α,β-unsaturated/α-hetero) is 1. The molecular weight excluding hydrogens is 295 g/mol. The Labute approximate surface area is 137 Å². The van der Waals surface area contributed by atoms with Crippen LogP contribution in [0.1, 0.15) is 43.6 Å². The van der Waals surface area contributed by atoms with Crippen LogP contribution in [0, 0.1) is 18.2 Å². The Morgan fingerprint density at radius 1 is 1.09 bits per heavy atom. The van der Waals surface area contributed by atoms with Crippen LogP contribution in [0.3, 0.4) is 0 Å². The Bertz CT molecular complexity index is 627. The van der Waals surface area contributed by atoms with Gasteiger partial charge in [0.05, 0.1) is 5.69 Å². The Morgan fingerprint density at radius 2 is 1.65 bits per heavy atom. The van der Waals surface area contributed by atoms with Gasteiger partial charge in [0.25, 0.3) is 0 Å². The summed E-state index contributed by atoms with van der Waals surface area (Å²) in [6, 6.07) is 3.05. The first-order valence-electron chi connectivity index (χ1n) is 7.96. The Kier molecular flexibility index (Phi) is 4.78. The Hall–Kier alpha value is -1.91. The van der Waals surface area contributed by atoms with E-state index in [0.717, 1.165) is 5.56 Å². The summed E-state index contributed by atoms with van der Waals surface area (Å²) < 4.78 is 14.3. The second kappa shape index (κ2) is 6.30. The third-order valence-electron chi connectivity index (χ3n) is 4.22. The monoisotopic (exact) mass is 320 g/mol. The third-order valence-corrected chi connectivity index (χ3v) is 4.22. The fourth-order valence-corrected chi connectivity index (χ4v) is 2.91. The van der Waals surface area contributed by atoms with Crippen LogP contribution in [0.25, 0.3) is 0 Å². The number of carbonyl (C=O) groups excluding carboxylic acids is 2. The highest BCUT2D eigenvalue weighted by Gasteiger charge is 2.30. The van der Waals surface area contributed by atoms with Gasteiger partial charge in [-0.25, -0.2) is 4.39 Å². The van der Waals surface area contributed by atoms with Gasteiger partial charge in [-0.2, -0.15) is 0 Å². The van der Waals surface area contributed by atoms with Gasteiger partial charge in [0.1, 0.15) is 5.82 Å². The number of carbonyl (C=O) groups is 2. The number of nitrogens with zero attached hydrogens (tertiary/aromatic N) is 2. The van der Waals surface area contributed by atoms with Crippen LogP contribution in [0.5, 0.6) is 0 Å². The molecule has 4 nitrogen and oxygen atoms in total. The smallest absolute Gasteiger partial charge is 0.228 e. The van der Waals surface area contributed by atoms with Gasteiger partial charge in [-0.15, -0.1) is 0 Å². The molecule has 1 fully saturated rings. The van der Waals surface area contributed by atoms with Crippen molar-refractivity contribution in [2.75, 3.05) is 31.1 Å². The maximum atomic E-state index is 14.3. The molecule has 1 saturated heterocycles. The fourth-order valence-electron chi connectivity index (χ4n) is 2.91. The van der Waals surface area contributed by atoms with E-state index in [1.807, 2.05) is 37.5 Å². The van der Waals surface area contributed by atoms with Gasteiger partial charge in [-0.05, 0) is 31.5 Å². The first kappa shape index (κ1) is 17.4. The first-order valence-corrected chi connectivity index (χ1v) is 7.96. The number of ketones is 1. The molecule has 1 aromatic carbocycles. The summed E-state index contributed by atoms with van der Waals surface area (Å²) in [7, 11) is 0. The lowest BCUT2D eigenvalue weighted by atomic mass is 9.94. The summed E-state index contributed by atoms with van der Waals surface area (Å²) in [6.07, 6.45) is 0. The lowest BCUT2D eigenvalue weighted by Gasteiger charge is -2.38. The molecule has 0 spiro atoms. The van der Waals surface area contributed by atoms with E-state index in [4.69, 9.17) is 0 Å². The molecular formula is C18H25FN2O2. The topological polar surface area (TPSA) is 40.6 Å². The predicted molar refractivity (Wildman–Crippen MR) is 89.4 cm³/mol. The van der Waals surface area contributed by atoms with Crippen molar-refractivity contribution in [1.29, 1.82) is 0 Å². The van der Waals surface area contributed by atoms with Crippen LogP contribution in [-0.2, 0) is 4.79 Å². The number of aryl methyl sites for hydroxylation is 1. The predicted octanol–water partition coefficient (Wildman–Crippen LogP) is 3.03. The van der Waals surface area contributed by atoms with E-state index in [1.54, 1.807) is 6.07 Å². The number of hydrogen-bond acceptors (Lipinski definition) is 3. The van der Waals surface area contributed by atoms with Crippen molar-refractivity contribution in [1.82, 2.24) is 4.90 Å². The van der Waals surface area contributed by atoms with Crippen molar-refractivity contribution in [2.24, 2.45) is 5.41 Å². The lowest BCUT2D eigenvalue weighted by molar-refractivity contribution is -0.139. The molecule has 1 aromatic rings. The van der Waals surface area contributed by atoms with Gasteiger partial charge in [-0.3, -0.25) is 9.59 Å². The molecule has 5 heteroatoms. The molecule has 1 amide bonds. The van der Waals surface area contributed by atoms with Crippen LogP contribution >= 0.6 is 0 Å². The fraction of sp³-hybridized carbons (Fsp3) is 0.556. The van der Waals surface area contributed by atoms with Gasteiger partial charge in [0, 0.05) is 37.2 Å². The molecule has 0 aliphatic carbocycles. The highest BCUT2D eigenvalue weighted by molar-refractivity contribution is 5.96. The second-order valence-corrected chi connectivity index (χ2v) is 7.20. The number of halogens is 1. The number of rotatable bonds is 2. The van der Waals surface area contributed by atoms with E-state index in [9.17, 15) is 14.0 Å². The third kappa shape index (κ3) is 3.71. The van der Waals surface area contributed by atoms with Crippen LogP contribution in [-0.4, -0.2) is 42.8 Å². The summed E-state index contributed by atoms with van der Waals surface area (Å²) in [6.45, 7) is 11.3. The van der Waals surface area contributed by atoms with Crippen molar-refractivity contribution in [3.05, 3.63) is 29.1 Å². The SMILES string of the molecule is CC(=O)c1cc(F)c(N2CCN(C(=O)C(C)(C)C)CC2)cc1C. The molecule has 1 aliphatic rings. The van der Waals surface area contributed by atoms with E-state index in [-0.39, 0.29) is 17.5 Å². The van der Waals surface area contributed by atoms with Gasteiger partial charge in [-0.1, -0.05) is 20.8 Å². The van der Waals surface area contributed by atoms with Gasteiger partial charge in [0.2, 0.25) is 5.91 Å². The molecule has 126 valence electrons. The maximum absolute atomic E-state index is 14.3. The number of piperazine rings is 1. The van der Waals surface area contributed by atoms with E-state index in [1.165, 1.54) is 13.0 Å². The van der Waals surface area contributed by atoms with Crippen molar-refractivity contribution >= 4 is 17.4 Å². The van der Waals surface area contributed by atoms with E-state index < -0.39 is 5.41 Å². The van der Waals surface area contributed by atoms with Crippen molar-refractivity contribution in [3.63, 3.8) is 0 Å². The minimum absolute atomic E-state index is 0.126. The quantitative estimate of drug-likeness (QED) is 0.787. The molecule has 1 heterocycles. The summed E-state index contributed by atoms with van der Waals surface area (Å²) in [5.41, 5.74) is 1.32. The molecule has 0 saturated carbocycles. The summed E-state index contributed by atoms with van der Waals surface area (Å²) in [4.78, 5) is 27.6. The average molecular weight is 320 g/mol. The minimum atomic E-state index is -0.396. The lowest BCUT2D eigenvalue weighted by Crippen LogP contribution is -2.51. The molecule has 0 radical (unpaired) electrons. The molecule has 2 rings (SSSR count). The normalized spacial score (nSPS) is 15.7. The molecule has 0 atom stereocenters. The van der Waals surface area contributed by atoms with E-state index in [2.05, 4.69) is 0 Å². The summed E-state index contributed by atoms with van der Waals surface area (Å²) in [5.74, 6) is -0.384. The van der Waals surface area contributed by atoms with Crippen LogP contribution < -0.4 is 4.90 Å². The molecule has 1 aliphatic heterocycles. The van der Waals surface area contributed by atoms with Crippen LogP contribution in [0.2, 0.25) is 0 Å². The molecule has 0 bridgehead atoms. The van der Waals surface area contributed by atoms with Crippen LogP contribution in [0.15, 0.2) is 12.1 Å². The van der Waals surface area contributed by atoms with Crippen LogP contribution in [0.4, 0.5) is 10.1 Å². The molecule has 23 heavy (non-hydrogen) atoms. The zero-order chi connectivity index (χ0) is 17.4. The largest absolute Gasteiger partial charge is 0.366 e. The van der Waals surface area contributed by atoms with Crippen molar-refractivity contribution in [3.8, 4) is 0 Å². The maximum Gasteiger partial charge on any atom is 0.228 e. The van der Waals surface area contributed by atoms with E-state index >= 15 is 0 Å². The number of anilines is 1. The van der Waals surface area contributed by atoms with Crippen molar-refractivity contribution in [2.45, 2.75) is 34.6 Å². The zero-order valence-corrected chi connectivity index (χ0v) is 14.6. The minimum Gasteiger partial charge on any atom is -0.366 e. The van der Waals surface area contributed by atoms with E-state index in [0.29, 0.717) is 37.4 Å². The average Bonchev–Trinajstić information content (AvgIpc) is 2.47. The number of benzene rings is 1. The Balaban J connectivity index is 2.13. The van der Waals surface area contributed by atoms with Gasteiger partial charge >= 0.3 is 0 Å². The molecule has 0 aromatic heterocycles. The number of hydrogen-bond donors (Lipinski definition) is 0. The standard InChI is InChI=1S/C18H25FN2O2/c1-12-10-16(15(19)11-14(12)13(2)22)20-6-8-21(9-7-20)17(23)18(3,4)5/h10-11H,6-9H2,1-5H3. The van der Waals surface area contributed by atoms with Gasteiger partial charge < -0.3 is 9.80 Å². The highest BCUT2D eigenvalue weighted by Crippen LogP contribution is 2.26. The van der Waals surface area contributed by atoms with Crippen molar-refractivity contribution < 1.29 is 14.0 Å². The summed E-state index contributed by atoms with van der Waals surface area (Å²) >= 11 is 0. The zero-order valence-electron chi connectivity index (χ0n) is 14.6. The first-order chi connectivity index (χ1) is 10.6. The molecule has 0 unspecified atom stereocenters. The molecule has 0 N–H and O–H groups in total. The van der Waals surface area contributed by atoms with Gasteiger partial charge in [0.15, 0.2) is 5.78 Å². The second-order valence-electron chi connectivity index (χ2n) is 7.20. The highest BCUT2D eigenvalue weighted by atomic mass is 19.1.